The van der Waals surface area contributed by atoms with Crippen LogP contribution < -0.4 is 0 Å². The number of rotatable bonds is 3. The molecule has 2 nitrogen and oxygen atoms in total. The van der Waals surface area contributed by atoms with E-state index in [0.29, 0.717) is 22.0 Å². The molecule has 0 amide bonds. The third-order valence-electron chi connectivity index (χ3n) is 3.51. The molecule has 2 atom stereocenters. The predicted molar refractivity (Wildman–Crippen MR) is 88.2 cm³/mol. The summed E-state index contributed by atoms with van der Waals surface area (Å²) >= 11 is 15.7. The molecule has 0 bridgehead atoms. The molecule has 3 rings (SSSR count). The van der Waals surface area contributed by atoms with Crippen molar-refractivity contribution in [2.24, 2.45) is 0 Å². The molecule has 21 heavy (non-hydrogen) atoms. The summed E-state index contributed by atoms with van der Waals surface area (Å²) in [5.41, 5.74) is 1.87. The summed E-state index contributed by atoms with van der Waals surface area (Å²) in [5.74, 6) is -0.811. The van der Waals surface area contributed by atoms with Crippen molar-refractivity contribution in [3.05, 3.63) is 69.7 Å². The van der Waals surface area contributed by atoms with Gasteiger partial charge >= 0.3 is 0 Å². The van der Waals surface area contributed by atoms with Crippen molar-refractivity contribution in [1.82, 2.24) is 0 Å². The van der Waals surface area contributed by atoms with Crippen LogP contribution >= 0.6 is 39.1 Å². The first-order valence-corrected chi connectivity index (χ1v) is 8.40. The molecule has 2 aromatic rings. The van der Waals surface area contributed by atoms with Crippen molar-refractivity contribution >= 4 is 39.1 Å². The lowest BCUT2D eigenvalue weighted by Gasteiger charge is -2.26. The van der Waals surface area contributed by atoms with Gasteiger partial charge in [0.15, 0.2) is 0 Å². The van der Waals surface area contributed by atoms with Crippen molar-refractivity contribution in [1.29, 1.82) is 0 Å². The fraction of sp³-hybridized carbons (Fsp3) is 0.250. The van der Waals surface area contributed by atoms with E-state index in [1.54, 1.807) is 0 Å². The average molecular weight is 388 g/mol. The van der Waals surface area contributed by atoms with E-state index >= 15 is 0 Å². The third kappa shape index (κ3) is 2.99. The van der Waals surface area contributed by atoms with E-state index in [0.717, 1.165) is 11.1 Å². The maximum absolute atomic E-state index is 6.24. The fourth-order valence-electron chi connectivity index (χ4n) is 2.40. The van der Waals surface area contributed by atoms with Gasteiger partial charge in [-0.1, -0.05) is 69.5 Å². The van der Waals surface area contributed by atoms with Gasteiger partial charge in [0.05, 0.1) is 11.9 Å². The molecule has 5 heteroatoms. The van der Waals surface area contributed by atoms with Crippen LogP contribution in [0.15, 0.2) is 48.5 Å². The van der Waals surface area contributed by atoms with Gasteiger partial charge in [-0.3, -0.25) is 0 Å². The van der Waals surface area contributed by atoms with Crippen LogP contribution in [0, 0.1) is 0 Å². The van der Waals surface area contributed by atoms with Crippen LogP contribution in [0.3, 0.4) is 0 Å². The van der Waals surface area contributed by atoms with Gasteiger partial charge in [-0.05, 0) is 18.2 Å². The molecule has 0 radical (unpaired) electrons. The average Bonchev–Trinajstić information content (AvgIpc) is 2.94. The van der Waals surface area contributed by atoms with E-state index in [9.17, 15) is 0 Å². The van der Waals surface area contributed by atoms with Gasteiger partial charge in [0.2, 0.25) is 5.79 Å². The van der Waals surface area contributed by atoms with E-state index in [1.807, 2.05) is 48.5 Å². The number of benzene rings is 2. The van der Waals surface area contributed by atoms with Crippen LogP contribution in [-0.2, 0) is 15.3 Å². The molecule has 110 valence electrons. The summed E-state index contributed by atoms with van der Waals surface area (Å²) in [7, 11) is 0. The molecule has 0 aromatic heterocycles. The Hall–Kier alpha value is -0.580. The maximum atomic E-state index is 6.24. The van der Waals surface area contributed by atoms with Crippen LogP contribution in [0.1, 0.15) is 17.2 Å². The highest BCUT2D eigenvalue weighted by atomic mass is 79.9. The lowest BCUT2D eigenvalue weighted by molar-refractivity contribution is -0.157. The standard InChI is InChI=1S/C16H13BrCl2O2/c17-10-16(11-5-7-12(18)8-6-11)20-9-15(21-16)13-3-1-2-4-14(13)19/h1-8,15H,9-10H2/t15-,16-/m1/s1. The van der Waals surface area contributed by atoms with Gasteiger partial charge in [-0.25, -0.2) is 0 Å². The van der Waals surface area contributed by atoms with Gasteiger partial charge in [0, 0.05) is 21.2 Å². The maximum Gasteiger partial charge on any atom is 0.205 e. The highest BCUT2D eigenvalue weighted by Gasteiger charge is 2.43. The van der Waals surface area contributed by atoms with Gasteiger partial charge < -0.3 is 9.47 Å². The summed E-state index contributed by atoms with van der Waals surface area (Å²) in [4.78, 5) is 0. The van der Waals surface area contributed by atoms with Crippen molar-refractivity contribution < 1.29 is 9.47 Å². The monoisotopic (exact) mass is 386 g/mol. The van der Waals surface area contributed by atoms with E-state index in [2.05, 4.69) is 15.9 Å². The Morgan fingerprint density at radius 2 is 1.81 bits per heavy atom. The molecule has 1 fully saturated rings. The molecule has 1 heterocycles. The highest BCUT2D eigenvalue weighted by Crippen LogP contribution is 2.43. The second-order valence-electron chi connectivity index (χ2n) is 4.83. The molecule has 1 aliphatic heterocycles. The quantitative estimate of drug-likeness (QED) is 0.662. The second-order valence-corrected chi connectivity index (χ2v) is 6.24. The Balaban J connectivity index is 1.90. The van der Waals surface area contributed by atoms with Gasteiger partial charge in [0.25, 0.3) is 0 Å². The van der Waals surface area contributed by atoms with Gasteiger partial charge in [-0.2, -0.15) is 0 Å². The predicted octanol–water partition coefficient (Wildman–Crippen LogP) is 5.33. The van der Waals surface area contributed by atoms with E-state index in [1.165, 1.54) is 0 Å². The van der Waals surface area contributed by atoms with Crippen LogP contribution in [0.5, 0.6) is 0 Å². The summed E-state index contributed by atoms with van der Waals surface area (Å²) in [6.07, 6.45) is -0.188. The molecular formula is C16H13BrCl2O2. The first kappa shape index (κ1) is 15.3. The molecule has 0 saturated carbocycles. The molecule has 2 aromatic carbocycles. The minimum absolute atomic E-state index is 0.188. The number of ether oxygens (including phenoxy) is 2. The van der Waals surface area contributed by atoms with Crippen LogP contribution in [0.4, 0.5) is 0 Å². The number of hydrogen-bond donors (Lipinski definition) is 0. The Bertz CT molecular complexity index is 632. The van der Waals surface area contributed by atoms with E-state index in [4.69, 9.17) is 32.7 Å². The minimum atomic E-state index is -0.811. The smallest absolute Gasteiger partial charge is 0.205 e. The van der Waals surface area contributed by atoms with E-state index in [-0.39, 0.29) is 6.10 Å². The minimum Gasteiger partial charge on any atom is -0.342 e. The SMILES string of the molecule is Clc1ccc([C@]2(CBr)OC[C@H](c3ccccc3Cl)O2)cc1. The molecule has 1 aliphatic rings. The largest absolute Gasteiger partial charge is 0.342 e. The van der Waals surface area contributed by atoms with Crippen LogP contribution in [0.25, 0.3) is 0 Å². The Morgan fingerprint density at radius 1 is 1.10 bits per heavy atom. The second kappa shape index (κ2) is 6.27. The highest BCUT2D eigenvalue weighted by molar-refractivity contribution is 9.09. The summed E-state index contributed by atoms with van der Waals surface area (Å²) < 4.78 is 12.2. The summed E-state index contributed by atoms with van der Waals surface area (Å²) in [6.45, 7) is 0.456. The normalized spacial score (nSPS) is 25.2. The number of hydrogen-bond acceptors (Lipinski definition) is 2. The molecule has 1 saturated heterocycles. The van der Waals surface area contributed by atoms with Crippen LogP contribution in [-0.4, -0.2) is 11.9 Å². The molecule has 0 unspecified atom stereocenters. The first-order chi connectivity index (χ1) is 10.1. The Morgan fingerprint density at radius 3 is 2.48 bits per heavy atom. The molecule has 0 aliphatic carbocycles. The fourth-order valence-corrected chi connectivity index (χ4v) is 3.40. The topological polar surface area (TPSA) is 18.5 Å². The lowest BCUT2D eigenvalue weighted by Crippen LogP contribution is -2.29. The third-order valence-corrected chi connectivity index (χ3v) is 4.85. The Labute approximate surface area is 142 Å². The lowest BCUT2D eigenvalue weighted by atomic mass is 10.1. The van der Waals surface area contributed by atoms with Crippen molar-refractivity contribution in [2.75, 3.05) is 11.9 Å². The van der Waals surface area contributed by atoms with E-state index < -0.39 is 5.79 Å². The van der Waals surface area contributed by atoms with Gasteiger partial charge in [-0.15, -0.1) is 0 Å². The van der Waals surface area contributed by atoms with Crippen LogP contribution in [0.2, 0.25) is 10.0 Å². The van der Waals surface area contributed by atoms with Crippen molar-refractivity contribution in [2.45, 2.75) is 11.9 Å². The summed E-state index contributed by atoms with van der Waals surface area (Å²) in [5, 5.41) is 1.90. The molecular weight excluding hydrogens is 375 g/mol. The number of alkyl halides is 1. The summed E-state index contributed by atoms with van der Waals surface area (Å²) in [6, 6.07) is 15.2. The first-order valence-electron chi connectivity index (χ1n) is 6.53. The van der Waals surface area contributed by atoms with Gasteiger partial charge in [0.1, 0.15) is 6.10 Å². The molecule has 0 spiro atoms. The van der Waals surface area contributed by atoms with Crippen molar-refractivity contribution in [3.8, 4) is 0 Å². The Kier molecular flexibility index (Phi) is 4.57. The zero-order valence-corrected chi connectivity index (χ0v) is 14.2. The zero-order valence-electron chi connectivity index (χ0n) is 11.1. The van der Waals surface area contributed by atoms with Crippen molar-refractivity contribution in [3.63, 3.8) is 0 Å². The zero-order chi connectivity index (χ0) is 14.9. The molecule has 0 N–H and O–H groups in total. The number of halogens is 3.